The number of benzene rings is 2. The number of aromatic nitrogens is 1. The van der Waals surface area contributed by atoms with Gasteiger partial charge >= 0.3 is 0 Å². The average molecular weight is 427 g/mol. The molecule has 0 radical (unpaired) electrons. The molecule has 6 heteroatoms. The van der Waals surface area contributed by atoms with Crippen LogP contribution in [0.2, 0.25) is 0 Å². The Morgan fingerprint density at radius 2 is 1.84 bits per heavy atom. The van der Waals surface area contributed by atoms with Crippen molar-refractivity contribution >= 4 is 34.8 Å². The molecule has 0 unspecified atom stereocenters. The summed E-state index contributed by atoms with van der Waals surface area (Å²) >= 11 is 0. The molecule has 1 aliphatic carbocycles. The average Bonchev–Trinajstić information content (AvgIpc) is 3.42. The van der Waals surface area contributed by atoms with Crippen molar-refractivity contribution in [2.24, 2.45) is 11.7 Å². The number of nitrogens with one attached hydrogen (secondary N) is 3. The van der Waals surface area contributed by atoms with Crippen LogP contribution in [0.3, 0.4) is 0 Å². The van der Waals surface area contributed by atoms with Crippen molar-refractivity contribution in [2.45, 2.75) is 31.7 Å². The lowest BCUT2D eigenvalue weighted by Crippen LogP contribution is -2.32. The molecule has 1 saturated carbocycles. The summed E-state index contributed by atoms with van der Waals surface area (Å²) in [5.74, 6) is -0.0601. The first kappa shape index (κ1) is 20.3. The fraction of sp³-hybridized carbons (Fsp3) is 0.231. The lowest BCUT2D eigenvalue weighted by Gasteiger charge is -2.25. The Kier molecular flexibility index (Phi) is 5.37. The zero-order valence-electron chi connectivity index (χ0n) is 17.7. The van der Waals surface area contributed by atoms with Crippen molar-refractivity contribution in [1.82, 2.24) is 4.98 Å². The second-order valence-corrected chi connectivity index (χ2v) is 8.55. The maximum atomic E-state index is 12.8. The monoisotopic (exact) mass is 426 g/mol. The highest BCUT2D eigenvalue weighted by Gasteiger charge is 2.28. The molecule has 1 fully saturated rings. The van der Waals surface area contributed by atoms with Gasteiger partial charge in [0.05, 0.1) is 5.57 Å². The van der Waals surface area contributed by atoms with Crippen LogP contribution in [-0.4, -0.2) is 22.8 Å². The third kappa shape index (κ3) is 3.97. The van der Waals surface area contributed by atoms with Gasteiger partial charge in [-0.3, -0.25) is 9.59 Å². The first-order valence-corrected chi connectivity index (χ1v) is 11.1. The van der Waals surface area contributed by atoms with E-state index < -0.39 is 0 Å². The molecule has 0 spiro atoms. The lowest BCUT2D eigenvalue weighted by atomic mass is 9.86. The highest BCUT2D eigenvalue weighted by molar-refractivity contribution is 6.36. The molecule has 6 nitrogen and oxygen atoms in total. The molecule has 5 rings (SSSR count). The van der Waals surface area contributed by atoms with Gasteiger partial charge in [-0.15, -0.1) is 0 Å². The Hall–Kier alpha value is -3.64. The van der Waals surface area contributed by atoms with Crippen molar-refractivity contribution in [3.8, 4) is 11.1 Å². The molecule has 0 bridgehead atoms. The van der Waals surface area contributed by atoms with Crippen LogP contribution >= 0.6 is 0 Å². The summed E-state index contributed by atoms with van der Waals surface area (Å²) in [5, 5.41) is 6.04. The maximum absolute atomic E-state index is 12.8. The van der Waals surface area contributed by atoms with Gasteiger partial charge in [-0.05, 0) is 73.2 Å². The molecule has 5 N–H and O–H groups in total. The molecule has 2 aromatic carbocycles. The number of hydrogen-bond acceptors (Lipinski definition) is 3. The van der Waals surface area contributed by atoms with E-state index in [0.717, 1.165) is 59.4 Å². The highest BCUT2D eigenvalue weighted by atomic mass is 16.2. The Balaban J connectivity index is 1.45. The van der Waals surface area contributed by atoms with Crippen molar-refractivity contribution in [3.05, 3.63) is 72.1 Å². The minimum Gasteiger partial charge on any atom is -0.362 e. The van der Waals surface area contributed by atoms with Crippen LogP contribution in [0.4, 0.5) is 11.4 Å². The molecule has 162 valence electrons. The molecule has 3 aromatic rings. The Labute approximate surface area is 186 Å². The third-order valence-corrected chi connectivity index (χ3v) is 6.33. The number of carbonyl (C=O) groups is 2. The van der Waals surface area contributed by atoms with E-state index in [9.17, 15) is 9.59 Å². The topological polar surface area (TPSA) is 100 Å². The van der Waals surface area contributed by atoms with Gasteiger partial charge in [-0.25, -0.2) is 0 Å². The van der Waals surface area contributed by atoms with Crippen molar-refractivity contribution in [3.63, 3.8) is 0 Å². The minimum atomic E-state index is -0.123. The molecule has 2 aliphatic rings. The molecule has 1 aromatic heterocycles. The summed E-state index contributed by atoms with van der Waals surface area (Å²) in [4.78, 5) is 28.6. The van der Waals surface area contributed by atoms with E-state index in [2.05, 4.69) is 15.6 Å². The maximum Gasteiger partial charge on any atom is 0.256 e. The molecular weight excluding hydrogens is 400 g/mol. The number of amides is 2. The van der Waals surface area contributed by atoms with E-state index in [1.807, 2.05) is 66.9 Å². The predicted octanol–water partition coefficient (Wildman–Crippen LogP) is 4.63. The standard InChI is InChI=1S/C26H26N4O2/c27-18-11-9-16(10-12-18)25(31)29-20-5-1-4-17(14-20)21-7-2-8-23-24(21)22(26(32)30-23)15-19-6-3-13-28-19/h1-8,13-16,18,28H,9-12,27H2,(H,29,31)(H,30,32). The Morgan fingerprint density at radius 3 is 2.62 bits per heavy atom. The van der Waals surface area contributed by atoms with Gasteiger partial charge in [-0.1, -0.05) is 24.3 Å². The number of rotatable bonds is 4. The first-order chi connectivity index (χ1) is 15.6. The van der Waals surface area contributed by atoms with Crippen molar-refractivity contribution in [1.29, 1.82) is 0 Å². The molecule has 2 heterocycles. The summed E-state index contributed by atoms with van der Waals surface area (Å²) in [6, 6.07) is 17.7. The largest absolute Gasteiger partial charge is 0.362 e. The van der Waals surface area contributed by atoms with Crippen molar-refractivity contribution in [2.75, 3.05) is 10.6 Å². The van der Waals surface area contributed by atoms with E-state index in [1.54, 1.807) is 0 Å². The summed E-state index contributed by atoms with van der Waals surface area (Å²) < 4.78 is 0. The van der Waals surface area contributed by atoms with E-state index in [1.165, 1.54) is 0 Å². The van der Waals surface area contributed by atoms with Crippen LogP contribution in [-0.2, 0) is 9.59 Å². The van der Waals surface area contributed by atoms with Crippen LogP contribution < -0.4 is 16.4 Å². The fourth-order valence-corrected chi connectivity index (χ4v) is 4.61. The fourth-order valence-electron chi connectivity index (χ4n) is 4.61. The van der Waals surface area contributed by atoms with Crippen LogP contribution in [0.25, 0.3) is 22.8 Å². The third-order valence-electron chi connectivity index (χ3n) is 6.33. The first-order valence-electron chi connectivity index (χ1n) is 11.1. The molecular formula is C26H26N4O2. The van der Waals surface area contributed by atoms with Gasteiger partial charge in [0.15, 0.2) is 0 Å². The highest BCUT2D eigenvalue weighted by Crippen LogP contribution is 2.40. The number of H-pyrrole nitrogens is 1. The minimum absolute atomic E-state index is 0.0107. The Morgan fingerprint density at radius 1 is 1.03 bits per heavy atom. The molecule has 2 amide bonds. The van der Waals surface area contributed by atoms with E-state index >= 15 is 0 Å². The van der Waals surface area contributed by atoms with Crippen LogP contribution in [0.1, 0.15) is 36.9 Å². The summed E-state index contributed by atoms with van der Waals surface area (Å²) in [7, 11) is 0. The molecule has 0 atom stereocenters. The quantitative estimate of drug-likeness (QED) is 0.458. The number of anilines is 2. The van der Waals surface area contributed by atoms with Gasteiger partial charge in [-0.2, -0.15) is 0 Å². The van der Waals surface area contributed by atoms with E-state index in [0.29, 0.717) is 5.57 Å². The number of hydrogen-bond donors (Lipinski definition) is 4. The summed E-state index contributed by atoms with van der Waals surface area (Å²) in [6.45, 7) is 0. The zero-order valence-corrected chi connectivity index (χ0v) is 17.7. The molecule has 32 heavy (non-hydrogen) atoms. The van der Waals surface area contributed by atoms with E-state index in [-0.39, 0.29) is 23.8 Å². The summed E-state index contributed by atoms with van der Waals surface area (Å²) in [6.07, 6.45) is 7.15. The predicted molar refractivity (Wildman–Crippen MR) is 128 cm³/mol. The lowest BCUT2D eigenvalue weighted by molar-refractivity contribution is -0.120. The van der Waals surface area contributed by atoms with E-state index in [4.69, 9.17) is 5.73 Å². The number of carbonyl (C=O) groups excluding carboxylic acids is 2. The Bertz CT molecular complexity index is 1190. The van der Waals surface area contributed by atoms with Gasteiger partial charge in [0.2, 0.25) is 5.91 Å². The number of fused-ring (bicyclic) bond motifs is 1. The van der Waals surface area contributed by atoms with Gasteiger partial charge in [0.1, 0.15) is 0 Å². The van der Waals surface area contributed by atoms with Gasteiger partial charge in [0, 0.05) is 40.8 Å². The second kappa shape index (κ2) is 8.48. The number of aromatic amines is 1. The normalized spacial score (nSPS) is 21.3. The van der Waals surface area contributed by atoms with Crippen LogP contribution in [0.15, 0.2) is 60.8 Å². The smallest absolute Gasteiger partial charge is 0.256 e. The zero-order chi connectivity index (χ0) is 22.1. The number of nitrogens with two attached hydrogens (primary N) is 1. The molecule has 1 aliphatic heterocycles. The van der Waals surface area contributed by atoms with Crippen LogP contribution in [0, 0.1) is 5.92 Å². The van der Waals surface area contributed by atoms with Gasteiger partial charge in [0.25, 0.3) is 5.91 Å². The summed E-state index contributed by atoms with van der Waals surface area (Å²) in [5.41, 5.74) is 11.8. The van der Waals surface area contributed by atoms with Gasteiger partial charge < -0.3 is 21.4 Å². The second-order valence-electron chi connectivity index (χ2n) is 8.55. The van der Waals surface area contributed by atoms with Crippen molar-refractivity contribution < 1.29 is 9.59 Å². The molecule has 0 saturated heterocycles. The van der Waals surface area contributed by atoms with Crippen LogP contribution in [0.5, 0.6) is 0 Å². The SMILES string of the molecule is NC1CCC(C(=O)Nc2cccc(-c3cccc4c3C(=Cc3ccc[nH]3)C(=O)N4)c2)CC1.